The van der Waals surface area contributed by atoms with Crippen molar-refractivity contribution < 1.29 is 8.42 Å². The highest BCUT2D eigenvalue weighted by atomic mass is 32.2. The predicted octanol–water partition coefficient (Wildman–Crippen LogP) is 0.854. The van der Waals surface area contributed by atoms with Gasteiger partial charge in [0.05, 0.1) is 5.25 Å². The first-order chi connectivity index (χ1) is 5.05. The summed E-state index contributed by atoms with van der Waals surface area (Å²) in [4.78, 5) is 0. The molecule has 0 aliphatic heterocycles. The van der Waals surface area contributed by atoms with Crippen molar-refractivity contribution in [2.75, 3.05) is 0 Å². The lowest BCUT2D eigenvalue weighted by atomic mass is 10.1. The summed E-state index contributed by atoms with van der Waals surface area (Å²) in [6.45, 7) is 2.02. The summed E-state index contributed by atoms with van der Waals surface area (Å²) in [6.07, 6.45) is 3.73. The SMILES string of the molecule is CCC1CCCC1S(N)(=O)=O. The maximum Gasteiger partial charge on any atom is 0.212 e. The molecular weight excluding hydrogens is 162 g/mol. The smallest absolute Gasteiger partial charge is 0.212 e. The van der Waals surface area contributed by atoms with Gasteiger partial charge in [-0.15, -0.1) is 0 Å². The van der Waals surface area contributed by atoms with Crippen LogP contribution in [0.4, 0.5) is 0 Å². The maximum atomic E-state index is 11.0. The van der Waals surface area contributed by atoms with Gasteiger partial charge in [0.15, 0.2) is 0 Å². The summed E-state index contributed by atoms with van der Waals surface area (Å²) in [6, 6.07) is 0. The Morgan fingerprint density at radius 1 is 1.45 bits per heavy atom. The van der Waals surface area contributed by atoms with Crippen LogP contribution in [-0.2, 0) is 10.0 Å². The summed E-state index contributed by atoms with van der Waals surface area (Å²) in [7, 11) is -3.26. The molecule has 3 nitrogen and oxygen atoms in total. The van der Waals surface area contributed by atoms with Gasteiger partial charge in [-0.05, 0) is 18.8 Å². The van der Waals surface area contributed by atoms with Crippen LogP contribution in [0.15, 0.2) is 0 Å². The molecule has 1 saturated carbocycles. The molecule has 1 rings (SSSR count). The van der Waals surface area contributed by atoms with Crippen LogP contribution in [0, 0.1) is 5.92 Å². The molecule has 66 valence electrons. The monoisotopic (exact) mass is 177 g/mol. The third-order valence-corrected chi connectivity index (χ3v) is 4.00. The molecule has 1 aliphatic carbocycles. The Morgan fingerprint density at radius 3 is 2.45 bits per heavy atom. The standard InChI is InChI=1S/C7H15NO2S/c1-2-6-4-3-5-7(6)11(8,9)10/h6-7H,2-5H2,1H3,(H2,8,9,10). The first-order valence-electron chi connectivity index (χ1n) is 4.07. The second-order valence-corrected chi connectivity index (χ2v) is 5.01. The second kappa shape index (κ2) is 3.11. The molecule has 0 radical (unpaired) electrons. The molecule has 0 amide bonds. The van der Waals surface area contributed by atoms with Crippen LogP contribution in [-0.4, -0.2) is 13.7 Å². The van der Waals surface area contributed by atoms with E-state index in [0.717, 1.165) is 25.7 Å². The van der Waals surface area contributed by atoms with Gasteiger partial charge in [-0.3, -0.25) is 0 Å². The van der Waals surface area contributed by atoms with Crippen LogP contribution in [0.1, 0.15) is 32.6 Å². The van der Waals surface area contributed by atoms with Gasteiger partial charge in [0.25, 0.3) is 0 Å². The van der Waals surface area contributed by atoms with Crippen LogP contribution in [0.25, 0.3) is 0 Å². The molecule has 11 heavy (non-hydrogen) atoms. The summed E-state index contributed by atoms with van der Waals surface area (Å²) < 4.78 is 22.0. The summed E-state index contributed by atoms with van der Waals surface area (Å²) in [5, 5.41) is 4.82. The van der Waals surface area contributed by atoms with E-state index in [1.807, 2.05) is 6.92 Å². The summed E-state index contributed by atoms with van der Waals surface area (Å²) in [5.74, 6) is 0.310. The average molecular weight is 177 g/mol. The van der Waals surface area contributed by atoms with E-state index in [-0.39, 0.29) is 5.25 Å². The lowest BCUT2D eigenvalue weighted by Crippen LogP contribution is -2.31. The molecule has 1 fully saturated rings. The zero-order valence-corrected chi connectivity index (χ0v) is 7.60. The van der Waals surface area contributed by atoms with E-state index < -0.39 is 10.0 Å². The number of rotatable bonds is 2. The van der Waals surface area contributed by atoms with Crippen LogP contribution in [0.3, 0.4) is 0 Å². The van der Waals surface area contributed by atoms with Gasteiger partial charge in [0, 0.05) is 0 Å². The largest absolute Gasteiger partial charge is 0.228 e. The van der Waals surface area contributed by atoms with E-state index in [4.69, 9.17) is 5.14 Å². The lowest BCUT2D eigenvalue weighted by Gasteiger charge is -2.14. The number of hydrogen-bond donors (Lipinski definition) is 1. The Balaban J connectivity index is 2.72. The highest BCUT2D eigenvalue weighted by molar-refractivity contribution is 7.89. The Labute approximate surface area is 68.0 Å². The topological polar surface area (TPSA) is 60.2 Å². The fraction of sp³-hybridized carbons (Fsp3) is 1.00. The zero-order valence-electron chi connectivity index (χ0n) is 6.79. The molecule has 0 aromatic rings. The van der Waals surface area contributed by atoms with Gasteiger partial charge in [-0.25, -0.2) is 13.6 Å². The van der Waals surface area contributed by atoms with E-state index in [0.29, 0.717) is 5.92 Å². The minimum atomic E-state index is -3.26. The normalized spacial score (nSPS) is 32.5. The van der Waals surface area contributed by atoms with Crippen molar-refractivity contribution in [1.29, 1.82) is 0 Å². The van der Waals surface area contributed by atoms with Gasteiger partial charge in [-0.1, -0.05) is 19.8 Å². The van der Waals surface area contributed by atoms with Gasteiger partial charge in [-0.2, -0.15) is 0 Å². The quantitative estimate of drug-likeness (QED) is 0.680. The maximum absolute atomic E-state index is 11.0. The second-order valence-electron chi connectivity index (χ2n) is 3.23. The van der Waals surface area contributed by atoms with Crippen molar-refractivity contribution in [3.05, 3.63) is 0 Å². The molecule has 0 aromatic heterocycles. The molecule has 0 bridgehead atoms. The average Bonchev–Trinajstić information content (AvgIpc) is 2.31. The van der Waals surface area contributed by atoms with Crippen molar-refractivity contribution in [3.8, 4) is 0 Å². The van der Waals surface area contributed by atoms with Crippen molar-refractivity contribution in [2.45, 2.75) is 37.9 Å². The summed E-state index contributed by atoms with van der Waals surface area (Å²) in [5.41, 5.74) is 0. The van der Waals surface area contributed by atoms with Gasteiger partial charge in [0.2, 0.25) is 10.0 Å². The molecule has 2 unspecified atom stereocenters. The Bertz CT molecular complexity index is 223. The van der Waals surface area contributed by atoms with E-state index in [9.17, 15) is 8.42 Å². The fourth-order valence-electron chi connectivity index (χ4n) is 1.90. The minimum absolute atomic E-state index is 0.257. The van der Waals surface area contributed by atoms with Crippen molar-refractivity contribution in [1.82, 2.24) is 0 Å². The number of nitrogens with two attached hydrogens (primary N) is 1. The first kappa shape index (κ1) is 9.00. The third kappa shape index (κ3) is 1.93. The van der Waals surface area contributed by atoms with E-state index >= 15 is 0 Å². The predicted molar refractivity (Wildman–Crippen MR) is 44.5 cm³/mol. The first-order valence-corrected chi connectivity index (χ1v) is 5.68. The lowest BCUT2D eigenvalue weighted by molar-refractivity contribution is 0.505. The highest BCUT2D eigenvalue weighted by Gasteiger charge is 2.33. The number of primary sulfonamides is 1. The molecule has 0 spiro atoms. The van der Waals surface area contributed by atoms with Gasteiger partial charge >= 0.3 is 0 Å². The van der Waals surface area contributed by atoms with Crippen molar-refractivity contribution in [2.24, 2.45) is 11.1 Å². The van der Waals surface area contributed by atoms with Gasteiger partial charge in [0.1, 0.15) is 0 Å². The van der Waals surface area contributed by atoms with E-state index in [1.54, 1.807) is 0 Å². The zero-order chi connectivity index (χ0) is 8.48. The third-order valence-electron chi connectivity index (χ3n) is 2.54. The Hall–Kier alpha value is -0.0900. The van der Waals surface area contributed by atoms with Crippen LogP contribution in [0.2, 0.25) is 0 Å². The van der Waals surface area contributed by atoms with Crippen LogP contribution < -0.4 is 5.14 Å². The molecule has 2 N–H and O–H groups in total. The molecule has 2 atom stereocenters. The molecular formula is C7H15NO2S. The van der Waals surface area contributed by atoms with E-state index in [1.165, 1.54) is 0 Å². The Morgan fingerprint density at radius 2 is 2.09 bits per heavy atom. The molecule has 0 heterocycles. The van der Waals surface area contributed by atoms with Crippen molar-refractivity contribution in [3.63, 3.8) is 0 Å². The number of hydrogen-bond acceptors (Lipinski definition) is 2. The molecule has 0 saturated heterocycles. The fourth-order valence-corrected chi connectivity index (χ4v) is 3.26. The number of sulfonamides is 1. The van der Waals surface area contributed by atoms with Crippen LogP contribution in [0.5, 0.6) is 0 Å². The van der Waals surface area contributed by atoms with E-state index in [2.05, 4.69) is 0 Å². The van der Waals surface area contributed by atoms with Gasteiger partial charge < -0.3 is 0 Å². The molecule has 1 aliphatic rings. The van der Waals surface area contributed by atoms with Crippen molar-refractivity contribution >= 4 is 10.0 Å². The van der Waals surface area contributed by atoms with Crippen LogP contribution >= 0.6 is 0 Å². The molecule has 4 heteroatoms. The molecule has 0 aromatic carbocycles. The highest BCUT2D eigenvalue weighted by Crippen LogP contribution is 2.31. The minimum Gasteiger partial charge on any atom is -0.228 e. The Kier molecular flexibility index (Phi) is 2.54. The summed E-state index contributed by atoms with van der Waals surface area (Å²) >= 11 is 0.